The molecule has 6 heteroatoms. The molecular formula is C13H19NO4S. The van der Waals surface area contributed by atoms with Crippen LogP contribution in [-0.4, -0.2) is 33.8 Å². The van der Waals surface area contributed by atoms with Crippen molar-refractivity contribution in [3.05, 3.63) is 24.3 Å². The summed E-state index contributed by atoms with van der Waals surface area (Å²) in [6.07, 6.45) is 1.15. The molecule has 0 bridgehead atoms. The fourth-order valence-electron chi connectivity index (χ4n) is 1.60. The van der Waals surface area contributed by atoms with Crippen LogP contribution in [0.25, 0.3) is 0 Å². The van der Waals surface area contributed by atoms with Crippen molar-refractivity contribution in [1.82, 2.24) is 0 Å². The summed E-state index contributed by atoms with van der Waals surface area (Å²) in [6.45, 7) is 3.80. The second kappa shape index (κ2) is 6.06. The van der Waals surface area contributed by atoms with Gasteiger partial charge in [0.25, 0.3) is 0 Å². The number of rotatable bonds is 5. The molecule has 106 valence electrons. The van der Waals surface area contributed by atoms with Crippen LogP contribution in [0.3, 0.4) is 0 Å². The Hall–Kier alpha value is -1.56. The Balaban J connectivity index is 2.90. The smallest absolute Gasteiger partial charge is 0.328 e. The number of hydrogen-bond acceptors (Lipinski definition) is 5. The molecule has 0 spiro atoms. The Morgan fingerprint density at radius 3 is 2.11 bits per heavy atom. The molecule has 1 N–H and O–H groups in total. The summed E-state index contributed by atoms with van der Waals surface area (Å²) in [5, 5.41) is 3.04. The number of esters is 1. The lowest BCUT2D eigenvalue weighted by molar-refractivity contribution is -0.142. The van der Waals surface area contributed by atoms with Gasteiger partial charge in [-0.3, -0.25) is 0 Å². The number of carbonyl (C=O) groups excluding carboxylic acids is 1. The Morgan fingerprint density at radius 1 is 1.21 bits per heavy atom. The van der Waals surface area contributed by atoms with Crippen molar-refractivity contribution in [1.29, 1.82) is 0 Å². The van der Waals surface area contributed by atoms with E-state index in [2.05, 4.69) is 5.32 Å². The van der Waals surface area contributed by atoms with Gasteiger partial charge < -0.3 is 10.1 Å². The Labute approximate surface area is 113 Å². The number of hydrogen-bond donors (Lipinski definition) is 1. The third-order valence-corrected chi connectivity index (χ3v) is 3.85. The Morgan fingerprint density at radius 2 is 1.74 bits per heavy atom. The topological polar surface area (TPSA) is 72.5 Å². The zero-order chi connectivity index (χ0) is 14.6. The van der Waals surface area contributed by atoms with Gasteiger partial charge in [-0.2, -0.15) is 0 Å². The maximum Gasteiger partial charge on any atom is 0.328 e. The van der Waals surface area contributed by atoms with E-state index in [0.717, 1.165) is 6.26 Å². The van der Waals surface area contributed by atoms with Gasteiger partial charge in [0.15, 0.2) is 9.84 Å². The fraction of sp³-hybridized carbons (Fsp3) is 0.462. The van der Waals surface area contributed by atoms with E-state index in [0.29, 0.717) is 5.69 Å². The van der Waals surface area contributed by atoms with E-state index >= 15 is 0 Å². The van der Waals surface area contributed by atoms with Crippen LogP contribution >= 0.6 is 0 Å². The molecule has 1 atom stereocenters. The minimum Gasteiger partial charge on any atom is -0.467 e. The van der Waals surface area contributed by atoms with Crippen LogP contribution in [0.15, 0.2) is 29.2 Å². The number of anilines is 1. The number of nitrogens with one attached hydrogen (secondary N) is 1. The second-order valence-electron chi connectivity index (χ2n) is 4.69. The van der Waals surface area contributed by atoms with Gasteiger partial charge in [-0.1, -0.05) is 13.8 Å². The number of carbonyl (C=O) groups is 1. The molecule has 0 heterocycles. The van der Waals surface area contributed by atoms with E-state index in [-0.39, 0.29) is 16.8 Å². The zero-order valence-electron chi connectivity index (χ0n) is 11.5. The lowest BCUT2D eigenvalue weighted by Crippen LogP contribution is -2.35. The van der Waals surface area contributed by atoms with Crippen LogP contribution in [0.2, 0.25) is 0 Å². The summed E-state index contributed by atoms with van der Waals surface area (Å²) in [7, 11) is -1.87. The van der Waals surface area contributed by atoms with E-state index in [1.165, 1.54) is 19.2 Å². The van der Waals surface area contributed by atoms with E-state index in [4.69, 9.17) is 4.74 Å². The highest BCUT2D eigenvalue weighted by molar-refractivity contribution is 7.90. The average molecular weight is 285 g/mol. The first-order valence-corrected chi connectivity index (χ1v) is 7.79. The summed E-state index contributed by atoms with van der Waals surface area (Å²) in [6, 6.07) is 5.82. The highest BCUT2D eigenvalue weighted by atomic mass is 32.2. The normalized spacial score (nSPS) is 13.1. The second-order valence-corrected chi connectivity index (χ2v) is 6.70. The highest BCUT2D eigenvalue weighted by Gasteiger charge is 2.22. The first-order chi connectivity index (χ1) is 8.75. The molecule has 0 saturated heterocycles. The van der Waals surface area contributed by atoms with Gasteiger partial charge in [-0.25, -0.2) is 13.2 Å². The monoisotopic (exact) mass is 285 g/mol. The molecule has 0 saturated carbocycles. The van der Waals surface area contributed by atoms with E-state index in [9.17, 15) is 13.2 Å². The van der Waals surface area contributed by atoms with Gasteiger partial charge >= 0.3 is 5.97 Å². The fourth-order valence-corrected chi connectivity index (χ4v) is 2.23. The molecule has 0 fully saturated rings. The molecule has 0 aliphatic rings. The molecule has 0 aliphatic carbocycles. The SMILES string of the molecule is COC(=O)C(Nc1ccc(S(C)(=O)=O)cc1)C(C)C. The largest absolute Gasteiger partial charge is 0.467 e. The van der Waals surface area contributed by atoms with Crippen molar-refractivity contribution in [3.8, 4) is 0 Å². The molecule has 19 heavy (non-hydrogen) atoms. The molecule has 0 radical (unpaired) electrons. The highest BCUT2D eigenvalue weighted by Crippen LogP contribution is 2.17. The van der Waals surface area contributed by atoms with Gasteiger partial charge in [0.2, 0.25) is 0 Å². The van der Waals surface area contributed by atoms with Gasteiger partial charge in [0, 0.05) is 11.9 Å². The van der Waals surface area contributed by atoms with E-state index in [1.54, 1.807) is 12.1 Å². The molecule has 1 aromatic carbocycles. The lowest BCUT2D eigenvalue weighted by Gasteiger charge is -2.21. The lowest BCUT2D eigenvalue weighted by atomic mass is 10.0. The van der Waals surface area contributed by atoms with Crippen molar-refractivity contribution in [3.63, 3.8) is 0 Å². The van der Waals surface area contributed by atoms with Crippen LogP contribution in [0.4, 0.5) is 5.69 Å². The Bertz CT molecular complexity index is 534. The summed E-state index contributed by atoms with van der Waals surface area (Å²) < 4.78 is 27.4. The van der Waals surface area contributed by atoms with Crippen molar-refractivity contribution in [2.75, 3.05) is 18.7 Å². The van der Waals surface area contributed by atoms with Crippen LogP contribution in [0.1, 0.15) is 13.8 Å². The van der Waals surface area contributed by atoms with Gasteiger partial charge in [0.05, 0.1) is 12.0 Å². The third-order valence-electron chi connectivity index (χ3n) is 2.73. The minimum absolute atomic E-state index is 0.0574. The maximum absolute atomic E-state index is 11.6. The van der Waals surface area contributed by atoms with Crippen LogP contribution in [0.5, 0.6) is 0 Å². The average Bonchev–Trinajstić information content (AvgIpc) is 2.34. The summed E-state index contributed by atoms with van der Waals surface area (Å²) in [5.41, 5.74) is 0.677. The van der Waals surface area contributed by atoms with Crippen LogP contribution in [0, 0.1) is 5.92 Å². The molecule has 1 aromatic rings. The van der Waals surface area contributed by atoms with Crippen molar-refractivity contribution < 1.29 is 17.9 Å². The van der Waals surface area contributed by atoms with Gasteiger partial charge in [-0.05, 0) is 30.2 Å². The molecule has 1 unspecified atom stereocenters. The van der Waals surface area contributed by atoms with Gasteiger partial charge in [0.1, 0.15) is 6.04 Å². The van der Waals surface area contributed by atoms with E-state index < -0.39 is 15.9 Å². The molecular weight excluding hydrogens is 266 g/mol. The predicted molar refractivity (Wildman–Crippen MR) is 73.8 cm³/mol. The molecule has 0 aromatic heterocycles. The van der Waals surface area contributed by atoms with Crippen molar-refractivity contribution >= 4 is 21.5 Å². The molecule has 0 amide bonds. The van der Waals surface area contributed by atoms with Crippen molar-refractivity contribution in [2.45, 2.75) is 24.8 Å². The number of benzene rings is 1. The standard InChI is InChI=1S/C13H19NO4S/c1-9(2)12(13(15)18-3)14-10-5-7-11(8-6-10)19(4,16)17/h5-9,12,14H,1-4H3. The summed E-state index contributed by atoms with van der Waals surface area (Å²) in [5.74, 6) is -0.288. The van der Waals surface area contributed by atoms with E-state index in [1.807, 2.05) is 13.8 Å². The maximum atomic E-state index is 11.6. The summed E-state index contributed by atoms with van der Waals surface area (Å²) in [4.78, 5) is 11.9. The minimum atomic E-state index is -3.20. The predicted octanol–water partition coefficient (Wildman–Crippen LogP) is 1.70. The van der Waals surface area contributed by atoms with Crippen LogP contribution in [-0.2, 0) is 19.4 Å². The first kappa shape index (κ1) is 15.5. The van der Waals surface area contributed by atoms with Gasteiger partial charge in [-0.15, -0.1) is 0 Å². The number of methoxy groups -OCH3 is 1. The zero-order valence-corrected chi connectivity index (χ0v) is 12.3. The molecule has 0 aliphatic heterocycles. The Kier molecular flexibility index (Phi) is 4.94. The van der Waals surface area contributed by atoms with Crippen LogP contribution < -0.4 is 5.32 Å². The third kappa shape index (κ3) is 4.24. The first-order valence-electron chi connectivity index (χ1n) is 5.90. The molecule has 1 rings (SSSR count). The quantitative estimate of drug-likeness (QED) is 0.834. The number of ether oxygens (including phenoxy) is 1. The number of sulfone groups is 1. The molecule has 5 nitrogen and oxygen atoms in total. The van der Waals surface area contributed by atoms with Crippen molar-refractivity contribution in [2.24, 2.45) is 5.92 Å². The summed E-state index contributed by atoms with van der Waals surface area (Å²) >= 11 is 0.